The molecule has 0 spiro atoms. The number of rotatable bonds is 4. The van der Waals surface area contributed by atoms with Gasteiger partial charge in [0.2, 0.25) is 5.91 Å². The van der Waals surface area contributed by atoms with Gasteiger partial charge in [-0.2, -0.15) is 0 Å². The summed E-state index contributed by atoms with van der Waals surface area (Å²) in [6.45, 7) is 4.77. The lowest BCUT2D eigenvalue weighted by Crippen LogP contribution is -2.41. The molecule has 0 aliphatic heterocycles. The van der Waals surface area contributed by atoms with Crippen molar-refractivity contribution < 1.29 is 4.79 Å². The van der Waals surface area contributed by atoms with Crippen molar-refractivity contribution in [2.45, 2.75) is 43.4 Å². The Kier molecular flexibility index (Phi) is 4.67. The Morgan fingerprint density at radius 1 is 1.32 bits per heavy atom. The van der Waals surface area contributed by atoms with Crippen LogP contribution in [0.4, 0.5) is 0 Å². The molecule has 1 aliphatic rings. The molecule has 1 fully saturated rings. The largest absolute Gasteiger partial charge is 0.355 e. The van der Waals surface area contributed by atoms with Gasteiger partial charge < -0.3 is 5.32 Å². The summed E-state index contributed by atoms with van der Waals surface area (Å²) in [5, 5.41) is 3.12. The van der Waals surface area contributed by atoms with Crippen LogP contribution >= 0.6 is 15.9 Å². The Labute approximate surface area is 124 Å². The van der Waals surface area contributed by atoms with Crippen LogP contribution in [0.15, 0.2) is 30.3 Å². The van der Waals surface area contributed by atoms with Gasteiger partial charge in [0, 0.05) is 11.4 Å². The molecular weight excluding hydrogens is 302 g/mol. The molecule has 1 saturated carbocycles. The van der Waals surface area contributed by atoms with E-state index in [1.165, 1.54) is 19.3 Å². The number of hydrogen-bond acceptors (Lipinski definition) is 1. The van der Waals surface area contributed by atoms with E-state index in [0.29, 0.717) is 10.7 Å². The van der Waals surface area contributed by atoms with Gasteiger partial charge in [-0.3, -0.25) is 4.79 Å². The molecule has 2 rings (SSSR count). The van der Waals surface area contributed by atoms with Crippen molar-refractivity contribution in [1.29, 1.82) is 0 Å². The zero-order valence-electron chi connectivity index (χ0n) is 11.7. The second-order valence-corrected chi connectivity index (χ2v) is 7.27. The number of nitrogens with one attached hydrogen (secondary N) is 1. The quantitative estimate of drug-likeness (QED) is 0.842. The first-order chi connectivity index (χ1) is 9.00. The van der Waals surface area contributed by atoms with Gasteiger partial charge in [0.25, 0.3) is 0 Å². The van der Waals surface area contributed by atoms with E-state index in [9.17, 15) is 4.79 Å². The van der Waals surface area contributed by atoms with Gasteiger partial charge in [-0.15, -0.1) is 0 Å². The molecule has 1 aromatic rings. The lowest BCUT2D eigenvalue weighted by molar-refractivity contribution is -0.125. The molecule has 1 amide bonds. The molecule has 1 aliphatic carbocycles. The number of carbonyl (C=O) groups is 1. The van der Waals surface area contributed by atoms with E-state index in [2.05, 4.69) is 21.2 Å². The van der Waals surface area contributed by atoms with E-state index >= 15 is 0 Å². The highest BCUT2D eigenvalue weighted by Crippen LogP contribution is 2.30. The van der Waals surface area contributed by atoms with Crippen LogP contribution < -0.4 is 5.32 Å². The predicted octanol–water partition coefficient (Wildman–Crippen LogP) is 3.64. The molecule has 0 bridgehead atoms. The Morgan fingerprint density at radius 3 is 2.58 bits per heavy atom. The first kappa shape index (κ1) is 14.6. The first-order valence-electron chi connectivity index (χ1n) is 6.98. The minimum absolute atomic E-state index is 0.122. The standard InChI is InChI=1S/C16H22BrNO/c1-16(2,13-6-4-3-5-7-13)15(19)18-11-12-8-9-14(17)10-12/h3-7,12,14H,8-11H2,1-2H3,(H,18,19). The fourth-order valence-electron chi connectivity index (χ4n) is 2.64. The highest BCUT2D eigenvalue weighted by atomic mass is 79.9. The number of amides is 1. The summed E-state index contributed by atoms with van der Waals surface area (Å²) in [5.74, 6) is 0.747. The molecule has 0 saturated heterocycles. The van der Waals surface area contributed by atoms with Crippen molar-refractivity contribution in [2.24, 2.45) is 5.92 Å². The van der Waals surface area contributed by atoms with Crippen LogP contribution in [0.3, 0.4) is 0 Å². The van der Waals surface area contributed by atoms with Crippen molar-refractivity contribution >= 4 is 21.8 Å². The molecule has 0 heterocycles. The first-order valence-corrected chi connectivity index (χ1v) is 7.89. The smallest absolute Gasteiger partial charge is 0.230 e. The Morgan fingerprint density at radius 2 is 2.00 bits per heavy atom. The predicted molar refractivity (Wildman–Crippen MR) is 82.5 cm³/mol. The molecule has 0 radical (unpaired) electrons. The molecule has 3 heteroatoms. The van der Waals surface area contributed by atoms with Crippen molar-refractivity contribution in [2.75, 3.05) is 6.54 Å². The van der Waals surface area contributed by atoms with Crippen LogP contribution in [0, 0.1) is 5.92 Å². The minimum Gasteiger partial charge on any atom is -0.355 e. The van der Waals surface area contributed by atoms with Gasteiger partial charge in [0.05, 0.1) is 5.41 Å². The SMILES string of the molecule is CC(C)(C(=O)NCC1CCC(Br)C1)c1ccccc1. The minimum atomic E-state index is -0.465. The fourth-order valence-corrected chi connectivity index (χ4v) is 3.44. The van der Waals surface area contributed by atoms with Crippen LogP contribution in [-0.2, 0) is 10.2 Å². The highest BCUT2D eigenvalue weighted by molar-refractivity contribution is 9.09. The van der Waals surface area contributed by atoms with E-state index in [4.69, 9.17) is 0 Å². The second kappa shape index (κ2) is 6.08. The van der Waals surface area contributed by atoms with E-state index < -0.39 is 5.41 Å². The lowest BCUT2D eigenvalue weighted by Gasteiger charge is -2.25. The highest BCUT2D eigenvalue weighted by Gasteiger charge is 2.30. The third kappa shape index (κ3) is 3.59. The number of halogens is 1. The molecular formula is C16H22BrNO. The van der Waals surface area contributed by atoms with E-state index in [1.54, 1.807) is 0 Å². The number of hydrogen-bond donors (Lipinski definition) is 1. The van der Waals surface area contributed by atoms with Crippen molar-refractivity contribution in [1.82, 2.24) is 5.32 Å². The molecule has 1 N–H and O–H groups in total. The Bertz CT molecular complexity index is 430. The summed E-state index contributed by atoms with van der Waals surface area (Å²) in [6, 6.07) is 9.98. The zero-order chi connectivity index (χ0) is 13.9. The van der Waals surface area contributed by atoms with Crippen LogP contribution in [0.5, 0.6) is 0 Å². The average molecular weight is 324 g/mol. The van der Waals surface area contributed by atoms with Gasteiger partial charge in [0.15, 0.2) is 0 Å². The van der Waals surface area contributed by atoms with E-state index in [1.807, 2.05) is 44.2 Å². The molecule has 0 aromatic heterocycles. The summed E-state index contributed by atoms with van der Waals surface area (Å²) >= 11 is 3.65. The third-order valence-electron chi connectivity index (χ3n) is 4.09. The summed E-state index contributed by atoms with van der Waals surface area (Å²) in [5.41, 5.74) is 0.602. The lowest BCUT2D eigenvalue weighted by atomic mass is 9.83. The van der Waals surface area contributed by atoms with Crippen molar-refractivity contribution in [3.8, 4) is 0 Å². The topological polar surface area (TPSA) is 29.1 Å². The maximum absolute atomic E-state index is 12.4. The van der Waals surface area contributed by atoms with Crippen LogP contribution in [0.1, 0.15) is 38.7 Å². The molecule has 2 unspecified atom stereocenters. The van der Waals surface area contributed by atoms with E-state index in [-0.39, 0.29) is 5.91 Å². The van der Waals surface area contributed by atoms with Gasteiger partial charge >= 0.3 is 0 Å². The molecule has 104 valence electrons. The third-order valence-corrected chi connectivity index (χ3v) is 4.92. The number of carbonyl (C=O) groups excluding carboxylic acids is 1. The maximum atomic E-state index is 12.4. The van der Waals surface area contributed by atoms with Crippen LogP contribution in [-0.4, -0.2) is 17.3 Å². The summed E-state index contributed by atoms with van der Waals surface area (Å²) in [4.78, 5) is 13.0. The van der Waals surface area contributed by atoms with Gasteiger partial charge in [-0.1, -0.05) is 46.3 Å². The zero-order valence-corrected chi connectivity index (χ0v) is 13.2. The van der Waals surface area contributed by atoms with Crippen molar-refractivity contribution in [3.63, 3.8) is 0 Å². The maximum Gasteiger partial charge on any atom is 0.230 e. The van der Waals surface area contributed by atoms with Gasteiger partial charge in [-0.25, -0.2) is 0 Å². The normalized spacial score (nSPS) is 23.3. The Hall–Kier alpha value is -0.830. The molecule has 1 aromatic carbocycles. The van der Waals surface area contributed by atoms with Crippen LogP contribution in [0.25, 0.3) is 0 Å². The summed E-state index contributed by atoms with van der Waals surface area (Å²) in [6.07, 6.45) is 3.61. The summed E-state index contributed by atoms with van der Waals surface area (Å²) < 4.78 is 0. The Balaban J connectivity index is 1.92. The monoisotopic (exact) mass is 323 g/mol. The molecule has 2 nitrogen and oxygen atoms in total. The molecule has 19 heavy (non-hydrogen) atoms. The van der Waals surface area contributed by atoms with E-state index in [0.717, 1.165) is 12.1 Å². The average Bonchev–Trinajstić information content (AvgIpc) is 2.82. The van der Waals surface area contributed by atoms with Gasteiger partial charge in [-0.05, 0) is 44.6 Å². The number of benzene rings is 1. The number of alkyl halides is 1. The van der Waals surface area contributed by atoms with Crippen molar-refractivity contribution in [3.05, 3.63) is 35.9 Å². The van der Waals surface area contributed by atoms with Crippen LogP contribution in [0.2, 0.25) is 0 Å². The molecule has 2 atom stereocenters. The fraction of sp³-hybridized carbons (Fsp3) is 0.562. The van der Waals surface area contributed by atoms with Gasteiger partial charge in [0.1, 0.15) is 0 Å². The second-order valence-electron chi connectivity index (χ2n) is 5.98. The summed E-state index contributed by atoms with van der Waals surface area (Å²) in [7, 11) is 0.